The minimum Gasteiger partial charge on any atom is -0.375 e. The van der Waals surface area contributed by atoms with Gasteiger partial charge in [-0.1, -0.05) is 31.2 Å². The smallest absolute Gasteiger partial charge is 0.223 e. The van der Waals surface area contributed by atoms with Crippen molar-refractivity contribution in [3.8, 4) is 0 Å². The molecule has 1 atom stereocenters. The molecule has 25 heavy (non-hydrogen) atoms. The maximum absolute atomic E-state index is 5.89. The molecule has 1 radical (unpaired) electrons. The summed E-state index contributed by atoms with van der Waals surface area (Å²) in [6, 6.07) is 8.46. The summed E-state index contributed by atoms with van der Waals surface area (Å²) in [5.74, 6) is 3.15. The Labute approximate surface area is 176 Å². The Hall–Kier alpha value is -1.04. The molecule has 1 N–H and O–H groups in total. The third-order valence-corrected chi connectivity index (χ3v) is 3.86. The molecule has 6 heteroatoms. The summed E-state index contributed by atoms with van der Waals surface area (Å²) < 4.78 is 5.89. The van der Waals surface area contributed by atoms with Gasteiger partial charge in [-0.25, -0.2) is 4.98 Å². The van der Waals surface area contributed by atoms with Gasteiger partial charge in [0.05, 0.1) is 19.3 Å². The zero-order chi connectivity index (χ0) is 17.5. The van der Waals surface area contributed by atoms with Crippen molar-refractivity contribution in [1.29, 1.82) is 0 Å². The van der Waals surface area contributed by atoms with Crippen LogP contribution in [0, 0.1) is 19.8 Å². The van der Waals surface area contributed by atoms with E-state index in [0.29, 0.717) is 19.2 Å². The monoisotopic (exact) mass is 416 g/mol. The third kappa shape index (κ3) is 7.00. The first kappa shape index (κ1) is 22.0. The molecule has 0 saturated carbocycles. The number of ether oxygens (including phenoxy) is 1. The van der Waals surface area contributed by atoms with Gasteiger partial charge in [0.25, 0.3) is 0 Å². The van der Waals surface area contributed by atoms with Gasteiger partial charge in [0.1, 0.15) is 5.82 Å². The summed E-state index contributed by atoms with van der Waals surface area (Å²) in [5.41, 5.74) is 2.48. The molecule has 1 aromatic carbocycles. The summed E-state index contributed by atoms with van der Waals surface area (Å²) in [5, 5.41) is 3.37. The average Bonchev–Trinajstić information content (AvgIpc) is 2.55. The molecule has 0 aliphatic rings. The number of rotatable bonds is 8. The van der Waals surface area contributed by atoms with E-state index in [4.69, 9.17) is 4.74 Å². The second-order valence-corrected chi connectivity index (χ2v) is 6.22. The fourth-order valence-corrected chi connectivity index (χ4v) is 2.30. The van der Waals surface area contributed by atoms with E-state index in [1.54, 1.807) is 0 Å². The number of anilines is 1. The molecule has 5 nitrogen and oxygen atoms in total. The Balaban J connectivity index is 0.00000312. The fraction of sp³-hybridized carbons (Fsp3) is 0.474. The first-order valence-electron chi connectivity index (χ1n) is 8.41. The Morgan fingerprint density at radius 2 is 1.84 bits per heavy atom. The number of aryl methyl sites for hydroxylation is 2. The molecule has 0 fully saturated rings. The summed E-state index contributed by atoms with van der Waals surface area (Å²) in [7, 11) is 0. The predicted molar refractivity (Wildman–Crippen MR) is 96.8 cm³/mol. The van der Waals surface area contributed by atoms with E-state index < -0.39 is 0 Å². The molecule has 1 aromatic heterocycles. The van der Waals surface area contributed by atoms with Crippen LogP contribution in [0.2, 0.25) is 0 Å². The van der Waals surface area contributed by atoms with Crippen LogP contribution < -0.4 is 5.32 Å². The van der Waals surface area contributed by atoms with Crippen LogP contribution >= 0.6 is 0 Å². The minimum absolute atomic E-state index is 0. The average molecular weight is 416 g/mol. The maximum atomic E-state index is 5.89. The van der Waals surface area contributed by atoms with Crippen molar-refractivity contribution < 1.29 is 37.4 Å². The van der Waals surface area contributed by atoms with Crippen LogP contribution in [-0.2, 0) is 44.1 Å². The summed E-state index contributed by atoms with van der Waals surface area (Å²) in [4.78, 5) is 13.2. The molecule has 0 aliphatic heterocycles. The quantitative estimate of drug-likeness (QED) is 0.663. The van der Waals surface area contributed by atoms with Crippen LogP contribution in [0.4, 0.5) is 5.95 Å². The van der Waals surface area contributed by atoms with Crippen molar-refractivity contribution in [2.75, 3.05) is 11.9 Å². The van der Waals surface area contributed by atoms with Crippen molar-refractivity contribution in [3.63, 3.8) is 0 Å². The molecule has 1 unspecified atom stereocenters. The van der Waals surface area contributed by atoms with Gasteiger partial charge in [-0.15, -0.1) is 0 Å². The van der Waals surface area contributed by atoms with Gasteiger partial charge in [-0.05, 0) is 31.4 Å². The molecular formula is C19H27N4OY-. The molecule has 2 rings (SSSR count). The molecule has 0 amide bonds. The normalized spacial score (nSPS) is 11.6. The molecule has 0 saturated heterocycles. The van der Waals surface area contributed by atoms with E-state index in [-0.39, 0.29) is 38.8 Å². The van der Waals surface area contributed by atoms with Gasteiger partial charge in [-0.3, -0.25) is 4.98 Å². The van der Waals surface area contributed by atoms with E-state index in [9.17, 15) is 0 Å². The van der Waals surface area contributed by atoms with E-state index >= 15 is 0 Å². The molecular weight excluding hydrogens is 389 g/mol. The van der Waals surface area contributed by atoms with Gasteiger partial charge in [0.2, 0.25) is 5.95 Å². The Morgan fingerprint density at radius 3 is 2.48 bits per heavy atom. The molecule has 0 spiro atoms. The minimum atomic E-state index is 0. The maximum Gasteiger partial charge on any atom is 0.223 e. The third-order valence-electron chi connectivity index (χ3n) is 3.86. The van der Waals surface area contributed by atoms with Crippen LogP contribution in [0.15, 0.2) is 24.3 Å². The van der Waals surface area contributed by atoms with Crippen molar-refractivity contribution in [3.05, 3.63) is 53.0 Å². The SMILES string of the molecule is CCC(COCc1ccccc1C)Nc1nc(C)nc([C-](C)C)n1.[Y]. The van der Waals surface area contributed by atoms with Crippen LogP contribution in [0.5, 0.6) is 0 Å². The topological polar surface area (TPSA) is 59.9 Å². The largest absolute Gasteiger partial charge is 0.375 e. The van der Waals surface area contributed by atoms with Gasteiger partial charge in [0, 0.05) is 38.5 Å². The van der Waals surface area contributed by atoms with Gasteiger partial charge >= 0.3 is 0 Å². The number of benzene rings is 1. The predicted octanol–water partition coefficient (Wildman–Crippen LogP) is 3.86. The number of aromatic nitrogens is 3. The van der Waals surface area contributed by atoms with Crippen LogP contribution in [0.3, 0.4) is 0 Å². The van der Waals surface area contributed by atoms with Crippen molar-refractivity contribution in [1.82, 2.24) is 15.0 Å². The summed E-state index contributed by atoms with van der Waals surface area (Å²) >= 11 is 0. The first-order chi connectivity index (χ1) is 11.5. The second-order valence-electron chi connectivity index (χ2n) is 6.22. The van der Waals surface area contributed by atoms with E-state index in [0.717, 1.165) is 24.0 Å². The van der Waals surface area contributed by atoms with Gasteiger partial charge in [-0.2, -0.15) is 18.8 Å². The number of nitrogens with one attached hydrogen (secondary N) is 1. The Bertz CT molecular complexity index is 664. The van der Waals surface area contributed by atoms with Gasteiger partial charge < -0.3 is 16.0 Å². The molecule has 133 valence electrons. The molecule has 0 bridgehead atoms. The standard InChI is InChI=1S/C19H27N4O.Y/c1-6-17(12-24-11-16-10-8-7-9-14(16)4)22-19-21-15(5)20-18(23-19)13(2)3;/h7-10,17H,6,11-12H2,1-5H3,(H,20,21,22,23);/q-1;. The first-order valence-corrected chi connectivity index (χ1v) is 8.41. The summed E-state index contributed by atoms with van der Waals surface area (Å²) in [6.07, 6.45) is 0.933. The fourth-order valence-electron chi connectivity index (χ4n) is 2.30. The van der Waals surface area contributed by atoms with Crippen molar-refractivity contribution in [2.24, 2.45) is 0 Å². The summed E-state index contributed by atoms with van der Waals surface area (Å²) in [6.45, 7) is 11.3. The Kier molecular flexibility index (Phi) is 9.54. The molecule has 1 heterocycles. The zero-order valence-electron chi connectivity index (χ0n) is 15.8. The van der Waals surface area contributed by atoms with E-state index in [1.807, 2.05) is 32.9 Å². The van der Waals surface area contributed by atoms with Crippen molar-refractivity contribution in [2.45, 2.75) is 53.7 Å². The molecule has 0 aliphatic carbocycles. The number of hydrogen-bond donors (Lipinski definition) is 1. The zero-order valence-corrected chi connectivity index (χ0v) is 18.7. The van der Waals surface area contributed by atoms with E-state index in [1.165, 1.54) is 11.1 Å². The second kappa shape index (κ2) is 10.8. The van der Waals surface area contributed by atoms with Gasteiger partial charge in [0.15, 0.2) is 0 Å². The van der Waals surface area contributed by atoms with E-state index in [2.05, 4.69) is 46.2 Å². The van der Waals surface area contributed by atoms with Crippen LogP contribution in [0.25, 0.3) is 0 Å². The van der Waals surface area contributed by atoms with Crippen LogP contribution in [-0.4, -0.2) is 27.6 Å². The van der Waals surface area contributed by atoms with Crippen molar-refractivity contribution >= 4 is 5.95 Å². The Morgan fingerprint density at radius 1 is 1.12 bits per heavy atom. The molecule has 2 aromatic rings. The number of nitrogens with zero attached hydrogens (tertiary/aromatic N) is 3. The number of hydrogen-bond acceptors (Lipinski definition) is 5. The van der Waals surface area contributed by atoms with Crippen LogP contribution in [0.1, 0.15) is 50.0 Å².